The van der Waals surface area contributed by atoms with E-state index in [2.05, 4.69) is 21.2 Å². The van der Waals surface area contributed by atoms with Crippen molar-refractivity contribution < 1.29 is 9.53 Å². The average Bonchev–Trinajstić information content (AvgIpc) is 2.47. The molecule has 2 aromatic rings. The van der Waals surface area contributed by atoms with Crippen LogP contribution in [0.1, 0.15) is 11.1 Å². The molecule has 0 saturated heterocycles. The van der Waals surface area contributed by atoms with Gasteiger partial charge in [0, 0.05) is 11.0 Å². The number of benzene rings is 2. The number of ether oxygens (including phenoxy) is 1. The SMILES string of the molecule is O=C(Nc1ccc(CBr)cc1)OCc1ccccc1. The van der Waals surface area contributed by atoms with Crippen LogP contribution in [0.4, 0.5) is 10.5 Å². The Kier molecular flexibility index (Phi) is 4.98. The summed E-state index contributed by atoms with van der Waals surface area (Å²) in [6, 6.07) is 17.2. The van der Waals surface area contributed by atoms with Gasteiger partial charge in [0.1, 0.15) is 6.61 Å². The maximum Gasteiger partial charge on any atom is 0.411 e. The molecule has 0 aliphatic heterocycles. The number of amides is 1. The molecule has 0 atom stereocenters. The standard InChI is InChI=1S/C15H14BrNO2/c16-10-12-6-8-14(9-7-12)17-15(18)19-11-13-4-2-1-3-5-13/h1-9H,10-11H2,(H,17,18). The van der Waals surface area contributed by atoms with Crippen LogP contribution in [0.15, 0.2) is 54.6 Å². The van der Waals surface area contributed by atoms with Gasteiger partial charge in [-0.05, 0) is 23.3 Å². The van der Waals surface area contributed by atoms with Crippen molar-refractivity contribution in [2.45, 2.75) is 11.9 Å². The number of halogens is 1. The zero-order chi connectivity index (χ0) is 13.5. The molecule has 0 spiro atoms. The third kappa shape index (κ3) is 4.41. The minimum Gasteiger partial charge on any atom is -0.444 e. The Morgan fingerprint density at radius 3 is 2.32 bits per heavy atom. The van der Waals surface area contributed by atoms with E-state index in [4.69, 9.17) is 4.74 Å². The van der Waals surface area contributed by atoms with Gasteiger partial charge < -0.3 is 4.74 Å². The molecule has 1 N–H and O–H groups in total. The largest absolute Gasteiger partial charge is 0.444 e. The Hall–Kier alpha value is -1.81. The van der Waals surface area contributed by atoms with E-state index >= 15 is 0 Å². The highest BCUT2D eigenvalue weighted by Crippen LogP contribution is 2.12. The van der Waals surface area contributed by atoms with Crippen LogP contribution >= 0.6 is 15.9 Å². The van der Waals surface area contributed by atoms with Crippen LogP contribution in [0.2, 0.25) is 0 Å². The summed E-state index contributed by atoms with van der Waals surface area (Å²) in [5.41, 5.74) is 2.85. The molecule has 0 aromatic heterocycles. The summed E-state index contributed by atoms with van der Waals surface area (Å²) in [5.74, 6) is 0. The van der Waals surface area contributed by atoms with Crippen LogP contribution in [0.25, 0.3) is 0 Å². The Morgan fingerprint density at radius 1 is 1.00 bits per heavy atom. The van der Waals surface area contributed by atoms with Crippen molar-refractivity contribution in [2.75, 3.05) is 5.32 Å². The third-order valence-electron chi connectivity index (χ3n) is 2.57. The first-order valence-corrected chi connectivity index (χ1v) is 7.02. The van der Waals surface area contributed by atoms with Crippen molar-refractivity contribution >= 4 is 27.7 Å². The van der Waals surface area contributed by atoms with Gasteiger partial charge in [-0.25, -0.2) is 4.79 Å². The van der Waals surface area contributed by atoms with Crippen LogP contribution in [0.5, 0.6) is 0 Å². The number of alkyl halides is 1. The van der Waals surface area contributed by atoms with E-state index in [0.29, 0.717) is 0 Å². The van der Waals surface area contributed by atoms with E-state index in [1.165, 1.54) is 0 Å². The number of carbonyl (C=O) groups excluding carboxylic acids is 1. The van der Waals surface area contributed by atoms with Crippen LogP contribution < -0.4 is 5.32 Å². The molecule has 0 fully saturated rings. The topological polar surface area (TPSA) is 38.3 Å². The quantitative estimate of drug-likeness (QED) is 0.852. The number of anilines is 1. The van der Waals surface area contributed by atoms with Crippen LogP contribution in [-0.4, -0.2) is 6.09 Å². The van der Waals surface area contributed by atoms with Crippen molar-refractivity contribution in [2.24, 2.45) is 0 Å². The molecule has 4 heteroatoms. The first-order valence-electron chi connectivity index (χ1n) is 5.90. The van der Waals surface area contributed by atoms with Gasteiger partial charge in [-0.15, -0.1) is 0 Å². The lowest BCUT2D eigenvalue weighted by molar-refractivity contribution is 0.155. The van der Waals surface area contributed by atoms with E-state index in [-0.39, 0.29) is 6.61 Å². The predicted octanol–water partition coefficient (Wildman–Crippen LogP) is 4.33. The van der Waals surface area contributed by atoms with Crippen molar-refractivity contribution in [3.05, 3.63) is 65.7 Å². The van der Waals surface area contributed by atoms with Crippen LogP contribution in [-0.2, 0) is 16.7 Å². The minimum absolute atomic E-state index is 0.270. The van der Waals surface area contributed by atoms with Gasteiger partial charge in [-0.3, -0.25) is 5.32 Å². The molecule has 0 bridgehead atoms. The molecule has 98 valence electrons. The van der Waals surface area contributed by atoms with Crippen molar-refractivity contribution in [1.29, 1.82) is 0 Å². The lowest BCUT2D eigenvalue weighted by atomic mass is 10.2. The normalized spacial score (nSPS) is 9.95. The van der Waals surface area contributed by atoms with Crippen molar-refractivity contribution in [3.8, 4) is 0 Å². The van der Waals surface area contributed by atoms with Gasteiger partial charge in [0.2, 0.25) is 0 Å². The molecule has 0 radical (unpaired) electrons. The fraction of sp³-hybridized carbons (Fsp3) is 0.133. The second-order valence-corrected chi connectivity index (χ2v) is 4.58. The molecule has 0 aliphatic carbocycles. The summed E-state index contributed by atoms with van der Waals surface area (Å²) >= 11 is 3.37. The number of hydrogen-bond acceptors (Lipinski definition) is 2. The van der Waals surface area contributed by atoms with E-state index in [1.54, 1.807) is 0 Å². The number of carbonyl (C=O) groups is 1. The minimum atomic E-state index is -0.449. The summed E-state index contributed by atoms with van der Waals surface area (Å²) in [7, 11) is 0. The number of rotatable bonds is 4. The molecule has 19 heavy (non-hydrogen) atoms. The smallest absolute Gasteiger partial charge is 0.411 e. The summed E-state index contributed by atoms with van der Waals surface area (Å²) in [6.45, 7) is 0.270. The van der Waals surface area contributed by atoms with Gasteiger partial charge in [-0.2, -0.15) is 0 Å². The Bertz CT molecular complexity index is 526. The van der Waals surface area contributed by atoms with Crippen LogP contribution in [0.3, 0.4) is 0 Å². The molecule has 1 amide bonds. The fourth-order valence-electron chi connectivity index (χ4n) is 1.55. The van der Waals surface area contributed by atoms with Gasteiger partial charge >= 0.3 is 6.09 Å². The fourth-order valence-corrected chi connectivity index (χ4v) is 1.93. The molecular formula is C15H14BrNO2. The van der Waals surface area contributed by atoms with E-state index in [9.17, 15) is 4.79 Å². The summed E-state index contributed by atoms with van der Waals surface area (Å²) < 4.78 is 5.13. The highest BCUT2D eigenvalue weighted by atomic mass is 79.9. The van der Waals surface area contributed by atoms with Gasteiger partial charge in [0.15, 0.2) is 0 Å². The summed E-state index contributed by atoms with van der Waals surface area (Å²) in [6.07, 6.45) is -0.449. The molecule has 3 nitrogen and oxygen atoms in total. The summed E-state index contributed by atoms with van der Waals surface area (Å²) in [4.78, 5) is 11.6. The lowest BCUT2D eigenvalue weighted by Crippen LogP contribution is -2.13. The lowest BCUT2D eigenvalue weighted by Gasteiger charge is -2.07. The third-order valence-corrected chi connectivity index (χ3v) is 3.21. The second kappa shape index (κ2) is 6.95. The Labute approximate surface area is 120 Å². The monoisotopic (exact) mass is 319 g/mol. The highest BCUT2D eigenvalue weighted by molar-refractivity contribution is 9.08. The maximum atomic E-state index is 11.6. The first-order chi connectivity index (χ1) is 9.28. The molecule has 2 rings (SSSR count). The van der Waals surface area contributed by atoms with E-state index in [1.807, 2.05) is 54.6 Å². The molecular weight excluding hydrogens is 306 g/mol. The van der Waals surface area contributed by atoms with E-state index in [0.717, 1.165) is 22.1 Å². The van der Waals surface area contributed by atoms with Crippen molar-refractivity contribution in [1.82, 2.24) is 0 Å². The number of hydrogen-bond donors (Lipinski definition) is 1. The molecule has 2 aromatic carbocycles. The molecule has 0 aliphatic rings. The maximum absolute atomic E-state index is 11.6. The summed E-state index contributed by atoms with van der Waals surface area (Å²) in [5, 5.41) is 3.48. The molecule has 0 saturated carbocycles. The van der Waals surface area contributed by atoms with Gasteiger partial charge in [-0.1, -0.05) is 58.4 Å². The zero-order valence-corrected chi connectivity index (χ0v) is 11.9. The zero-order valence-electron chi connectivity index (χ0n) is 10.3. The average molecular weight is 320 g/mol. The predicted molar refractivity (Wildman–Crippen MR) is 79.3 cm³/mol. The highest BCUT2D eigenvalue weighted by Gasteiger charge is 2.03. The van der Waals surface area contributed by atoms with Crippen molar-refractivity contribution in [3.63, 3.8) is 0 Å². The Balaban J connectivity index is 1.83. The molecule has 0 heterocycles. The molecule has 0 unspecified atom stereocenters. The van der Waals surface area contributed by atoms with Gasteiger partial charge in [0.25, 0.3) is 0 Å². The second-order valence-electron chi connectivity index (χ2n) is 4.02. The number of nitrogens with one attached hydrogen (secondary N) is 1. The van der Waals surface area contributed by atoms with E-state index < -0.39 is 6.09 Å². The first kappa shape index (κ1) is 13.6. The Morgan fingerprint density at radius 2 is 1.68 bits per heavy atom. The van der Waals surface area contributed by atoms with Gasteiger partial charge in [0.05, 0.1) is 0 Å². The van der Waals surface area contributed by atoms with Crippen LogP contribution in [0, 0.1) is 0 Å².